The minimum atomic E-state index is -0.320. The Bertz CT molecular complexity index is 901. The van der Waals surface area contributed by atoms with Crippen LogP contribution in [-0.4, -0.2) is 35.5 Å². The summed E-state index contributed by atoms with van der Waals surface area (Å²) in [5.41, 5.74) is 3.47. The third kappa shape index (κ3) is 4.02. The smallest absolute Gasteiger partial charge is 0.307 e. The Morgan fingerprint density at radius 3 is 2.78 bits per heavy atom. The van der Waals surface area contributed by atoms with E-state index in [1.807, 2.05) is 26.0 Å². The molecule has 2 heterocycles. The highest BCUT2D eigenvalue weighted by molar-refractivity contribution is 6.06. The number of ether oxygens (including phenoxy) is 1. The van der Waals surface area contributed by atoms with Crippen molar-refractivity contribution >= 4 is 23.5 Å². The Kier molecular flexibility index (Phi) is 5.30. The number of nitrogens with one attached hydrogen (secondary N) is 2. The second kappa shape index (κ2) is 7.65. The van der Waals surface area contributed by atoms with E-state index in [0.717, 1.165) is 11.1 Å². The first-order chi connectivity index (χ1) is 12.9. The van der Waals surface area contributed by atoms with E-state index in [2.05, 4.69) is 10.6 Å². The molecule has 2 N–H and O–H groups in total. The van der Waals surface area contributed by atoms with Crippen LogP contribution in [0.3, 0.4) is 0 Å². The van der Waals surface area contributed by atoms with Crippen LogP contribution in [0.15, 0.2) is 30.5 Å². The molecule has 0 fully saturated rings. The molecule has 7 heteroatoms. The largest absolute Gasteiger partial charge is 0.466 e. The minimum absolute atomic E-state index is 0.153. The first-order valence-corrected chi connectivity index (χ1v) is 8.93. The van der Waals surface area contributed by atoms with Crippen LogP contribution >= 0.6 is 0 Å². The van der Waals surface area contributed by atoms with Crippen LogP contribution in [0.1, 0.15) is 51.4 Å². The van der Waals surface area contributed by atoms with Crippen LogP contribution in [0, 0.1) is 13.8 Å². The Morgan fingerprint density at radius 1 is 1.30 bits per heavy atom. The van der Waals surface area contributed by atoms with E-state index in [1.54, 1.807) is 29.8 Å². The van der Waals surface area contributed by atoms with Gasteiger partial charge in [-0.2, -0.15) is 0 Å². The van der Waals surface area contributed by atoms with Gasteiger partial charge in [0.15, 0.2) is 0 Å². The lowest BCUT2D eigenvalue weighted by Gasteiger charge is -2.25. The molecule has 1 aromatic heterocycles. The molecule has 1 atom stereocenters. The number of aromatic nitrogens is 1. The first-order valence-electron chi connectivity index (χ1n) is 8.93. The molecule has 0 spiro atoms. The number of hydrogen-bond donors (Lipinski definition) is 2. The third-order valence-corrected chi connectivity index (χ3v) is 4.56. The van der Waals surface area contributed by atoms with Crippen LogP contribution < -0.4 is 10.6 Å². The van der Waals surface area contributed by atoms with Crippen molar-refractivity contribution in [3.05, 3.63) is 52.8 Å². The molecule has 0 saturated carbocycles. The van der Waals surface area contributed by atoms with E-state index in [-0.39, 0.29) is 30.2 Å². The number of hydrogen-bond acceptors (Lipinski definition) is 4. The maximum atomic E-state index is 12.6. The van der Waals surface area contributed by atoms with Gasteiger partial charge in [-0.25, -0.2) is 0 Å². The molecule has 0 aliphatic carbocycles. The quantitative estimate of drug-likeness (QED) is 0.793. The van der Waals surface area contributed by atoms with Gasteiger partial charge in [-0.15, -0.1) is 0 Å². The predicted octanol–water partition coefficient (Wildman–Crippen LogP) is 2.59. The molecular weight excluding hydrogens is 346 g/mol. The van der Waals surface area contributed by atoms with Crippen molar-refractivity contribution in [2.75, 3.05) is 18.5 Å². The van der Waals surface area contributed by atoms with Gasteiger partial charge in [-0.3, -0.25) is 14.4 Å². The topological polar surface area (TPSA) is 89.4 Å². The zero-order valence-corrected chi connectivity index (χ0v) is 15.7. The van der Waals surface area contributed by atoms with Crippen molar-refractivity contribution < 1.29 is 19.1 Å². The molecule has 142 valence electrons. The van der Waals surface area contributed by atoms with Crippen LogP contribution in [0.2, 0.25) is 0 Å². The van der Waals surface area contributed by atoms with Crippen molar-refractivity contribution in [1.82, 2.24) is 9.88 Å². The SMILES string of the molecule is CCOC(=O)CC1CNC(=O)c2cc(NC(=O)c3ccc(C)cc3C)cn21. The van der Waals surface area contributed by atoms with Crippen LogP contribution in [-0.2, 0) is 9.53 Å². The van der Waals surface area contributed by atoms with Crippen molar-refractivity contribution in [2.24, 2.45) is 0 Å². The van der Waals surface area contributed by atoms with Gasteiger partial charge < -0.3 is 19.9 Å². The monoisotopic (exact) mass is 369 g/mol. The average Bonchev–Trinajstić information content (AvgIpc) is 3.02. The summed E-state index contributed by atoms with van der Waals surface area (Å²) >= 11 is 0. The zero-order chi connectivity index (χ0) is 19.6. The number of carbonyl (C=O) groups excluding carboxylic acids is 3. The highest BCUT2D eigenvalue weighted by Crippen LogP contribution is 2.25. The summed E-state index contributed by atoms with van der Waals surface area (Å²) in [5.74, 6) is -0.793. The lowest BCUT2D eigenvalue weighted by molar-refractivity contribution is -0.144. The van der Waals surface area contributed by atoms with Gasteiger partial charge in [0, 0.05) is 18.3 Å². The molecule has 1 aliphatic heterocycles. The van der Waals surface area contributed by atoms with E-state index in [9.17, 15) is 14.4 Å². The molecule has 0 saturated heterocycles. The maximum Gasteiger partial charge on any atom is 0.307 e. The fourth-order valence-corrected chi connectivity index (χ4v) is 3.28. The number of carbonyl (C=O) groups is 3. The minimum Gasteiger partial charge on any atom is -0.466 e. The average molecular weight is 369 g/mol. The van der Waals surface area contributed by atoms with Crippen molar-refractivity contribution in [3.63, 3.8) is 0 Å². The van der Waals surface area contributed by atoms with Crippen molar-refractivity contribution in [1.29, 1.82) is 0 Å². The molecule has 0 radical (unpaired) electrons. The molecule has 7 nitrogen and oxygen atoms in total. The number of anilines is 1. The van der Waals surface area contributed by atoms with Gasteiger partial charge in [-0.05, 0) is 38.5 Å². The standard InChI is InChI=1S/C20H23N3O4/c1-4-27-18(24)9-15-10-21-20(26)17-8-14(11-23(15)17)22-19(25)16-6-5-12(2)7-13(16)3/h5-8,11,15H,4,9-10H2,1-3H3,(H,21,26)(H,22,25). The van der Waals surface area contributed by atoms with E-state index in [1.165, 1.54) is 0 Å². The van der Waals surface area contributed by atoms with Gasteiger partial charge in [0.2, 0.25) is 0 Å². The molecule has 2 amide bonds. The molecule has 1 aromatic carbocycles. The van der Waals surface area contributed by atoms with Crippen molar-refractivity contribution in [3.8, 4) is 0 Å². The van der Waals surface area contributed by atoms with Crippen LogP contribution in [0.5, 0.6) is 0 Å². The normalized spacial score (nSPS) is 15.7. The summed E-state index contributed by atoms with van der Waals surface area (Å²) < 4.78 is 6.73. The van der Waals surface area contributed by atoms with Crippen molar-refractivity contribution in [2.45, 2.75) is 33.2 Å². The number of amides is 2. The Hall–Kier alpha value is -3.09. The number of nitrogens with zero attached hydrogens (tertiary/aromatic N) is 1. The van der Waals surface area contributed by atoms with E-state index < -0.39 is 0 Å². The number of esters is 1. The van der Waals surface area contributed by atoms with Gasteiger partial charge in [0.1, 0.15) is 5.69 Å². The lowest BCUT2D eigenvalue weighted by atomic mass is 10.1. The molecular formula is C20H23N3O4. The van der Waals surface area contributed by atoms with E-state index in [0.29, 0.717) is 30.1 Å². The lowest BCUT2D eigenvalue weighted by Crippen LogP contribution is -2.39. The van der Waals surface area contributed by atoms with Gasteiger partial charge >= 0.3 is 5.97 Å². The number of benzene rings is 1. The van der Waals surface area contributed by atoms with Crippen LogP contribution in [0.25, 0.3) is 0 Å². The molecule has 1 aliphatic rings. The van der Waals surface area contributed by atoms with Gasteiger partial charge in [0.05, 0.1) is 24.8 Å². The van der Waals surface area contributed by atoms with Gasteiger partial charge in [-0.1, -0.05) is 17.7 Å². The Labute approximate surface area is 157 Å². The summed E-state index contributed by atoms with van der Waals surface area (Å²) in [5, 5.41) is 5.61. The van der Waals surface area contributed by atoms with E-state index >= 15 is 0 Å². The third-order valence-electron chi connectivity index (χ3n) is 4.56. The summed E-state index contributed by atoms with van der Waals surface area (Å²) in [6, 6.07) is 6.99. The maximum absolute atomic E-state index is 12.6. The highest BCUT2D eigenvalue weighted by atomic mass is 16.5. The molecule has 27 heavy (non-hydrogen) atoms. The first kappa shape index (κ1) is 18.7. The molecule has 0 bridgehead atoms. The second-order valence-corrected chi connectivity index (χ2v) is 6.67. The Morgan fingerprint density at radius 2 is 2.07 bits per heavy atom. The number of fused-ring (bicyclic) bond motifs is 1. The second-order valence-electron chi connectivity index (χ2n) is 6.67. The fraction of sp³-hybridized carbons (Fsp3) is 0.350. The highest BCUT2D eigenvalue weighted by Gasteiger charge is 2.28. The molecule has 2 aromatic rings. The van der Waals surface area contributed by atoms with Gasteiger partial charge in [0.25, 0.3) is 11.8 Å². The number of rotatable bonds is 5. The van der Waals surface area contributed by atoms with E-state index in [4.69, 9.17) is 4.74 Å². The Balaban J connectivity index is 1.81. The molecule has 3 rings (SSSR count). The zero-order valence-electron chi connectivity index (χ0n) is 15.7. The van der Waals surface area contributed by atoms with Crippen LogP contribution in [0.4, 0.5) is 5.69 Å². The summed E-state index contributed by atoms with van der Waals surface area (Å²) in [4.78, 5) is 36.6. The summed E-state index contributed by atoms with van der Waals surface area (Å²) in [6.07, 6.45) is 1.85. The number of aryl methyl sites for hydroxylation is 2. The molecule has 1 unspecified atom stereocenters. The summed E-state index contributed by atoms with van der Waals surface area (Å²) in [7, 11) is 0. The summed E-state index contributed by atoms with van der Waals surface area (Å²) in [6.45, 7) is 6.26. The predicted molar refractivity (Wildman–Crippen MR) is 101 cm³/mol. The fourth-order valence-electron chi connectivity index (χ4n) is 3.28.